The molecule has 2 N–H and O–H groups in total. The van der Waals surface area contributed by atoms with Crippen LogP contribution in [0.3, 0.4) is 0 Å². The van der Waals surface area contributed by atoms with Crippen LogP contribution >= 0.6 is 0 Å². The van der Waals surface area contributed by atoms with Crippen molar-refractivity contribution in [2.45, 2.75) is 112 Å². The van der Waals surface area contributed by atoms with Crippen LogP contribution in [0.5, 0.6) is 0 Å². The number of fused-ring (bicyclic) bond motifs is 7. The smallest absolute Gasteiger partial charge is 0.338 e. The molecule has 0 saturated heterocycles. The van der Waals surface area contributed by atoms with Crippen molar-refractivity contribution in [3.05, 3.63) is 47.5 Å². The van der Waals surface area contributed by atoms with Crippen molar-refractivity contribution in [2.75, 3.05) is 13.2 Å². The van der Waals surface area contributed by atoms with E-state index >= 15 is 0 Å². The molecule has 6 rings (SSSR count). The van der Waals surface area contributed by atoms with Gasteiger partial charge in [-0.25, -0.2) is 4.79 Å². The van der Waals surface area contributed by atoms with Crippen molar-refractivity contribution in [1.29, 1.82) is 0 Å². The van der Waals surface area contributed by atoms with Crippen LogP contribution < -0.4 is 5.32 Å². The lowest BCUT2D eigenvalue weighted by atomic mass is 9.32. The SMILES string of the molecule is C#CCNC(=O)c1ccccc1C(=O)OC[C@]12CC[C@@H](C(=C)C)[C@@H]1[C@H]1CC[C@@H]3[C@@]4(C)CC[C@H](O)C(C)(C)[C@@H]4CC[C@@]3(C)[C@]1(C)CC2. The number of allylic oxidation sites excluding steroid dienone is 1. The van der Waals surface area contributed by atoms with Gasteiger partial charge in [0.15, 0.2) is 0 Å². The minimum absolute atomic E-state index is 0.0468. The van der Waals surface area contributed by atoms with E-state index in [1.54, 1.807) is 24.3 Å². The summed E-state index contributed by atoms with van der Waals surface area (Å²) in [5, 5.41) is 13.8. The van der Waals surface area contributed by atoms with Crippen LogP contribution in [0.1, 0.15) is 126 Å². The van der Waals surface area contributed by atoms with E-state index in [4.69, 9.17) is 11.2 Å². The number of hydrogen-bond donors (Lipinski definition) is 2. The van der Waals surface area contributed by atoms with Gasteiger partial charge in [0.25, 0.3) is 5.91 Å². The second-order valence-electron chi connectivity index (χ2n) is 17.4. The molecule has 5 fully saturated rings. The number of aliphatic hydroxyl groups is 1. The molecule has 5 saturated carbocycles. The minimum Gasteiger partial charge on any atom is -0.461 e. The summed E-state index contributed by atoms with van der Waals surface area (Å²) in [5.41, 5.74) is 2.41. The molecule has 5 nitrogen and oxygen atoms in total. The van der Waals surface area contributed by atoms with Gasteiger partial charge in [0.2, 0.25) is 0 Å². The van der Waals surface area contributed by atoms with Crippen molar-refractivity contribution >= 4 is 11.9 Å². The zero-order chi connectivity index (χ0) is 33.3. The first-order valence-corrected chi connectivity index (χ1v) is 18.0. The molecule has 0 aliphatic heterocycles. The second kappa shape index (κ2) is 11.5. The largest absolute Gasteiger partial charge is 0.461 e. The molecule has 250 valence electrons. The molecule has 0 aromatic heterocycles. The molecule has 1 aromatic rings. The van der Waals surface area contributed by atoms with E-state index < -0.39 is 5.97 Å². The molecule has 0 bridgehead atoms. The average molecular weight is 628 g/mol. The topological polar surface area (TPSA) is 75.6 Å². The van der Waals surface area contributed by atoms with Crippen LogP contribution in [0.4, 0.5) is 0 Å². The maximum absolute atomic E-state index is 13.6. The number of rotatable bonds is 6. The average Bonchev–Trinajstić information content (AvgIpc) is 3.41. The Morgan fingerprint density at radius 2 is 1.65 bits per heavy atom. The first-order chi connectivity index (χ1) is 21.7. The summed E-state index contributed by atoms with van der Waals surface area (Å²) in [5.74, 6) is 4.25. The standard InChI is InChI=1S/C41H57NO4/c1-9-24-42-35(44)28-12-10-11-13-29(28)36(45)46-25-41-21-16-27(26(2)3)34(41)30-14-15-32-38(6)19-18-33(43)37(4,5)31(38)17-20-40(32,8)39(30,7)22-23-41/h1,10-13,27,30-34,43H,2,14-25H2,3-8H3,(H,42,44)/t27-,30+,31-,32+,33-,34+,38-,39+,40+,41+/m0/s1. The Morgan fingerprint density at radius 3 is 2.35 bits per heavy atom. The number of carbonyl (C=O) groups excluding carboxylic acids is 2. The number of nitrogens with one attached hydrogen (secondary N) is 1. The molecule has 0 heterocycles. The number of benzene rings is 1. The fraction of sp³-hybridized carbons (Fsp3) is 0.707. The molecule has 5 heteroatoms. The van der Waals surface area contributed by atoms with Gasteiger partial charge in [-0.3, -0.25) is 4.79 Å². The summed E-state index contributed by atoms with van der Waals surface area (Å²) in [6, 6.07) is 6.87. The van der Waals surface area contributed by atoms with Crippen LogP contribution in [-0.2, 0) is 4.74 Å². The molecule has 10 atom stereocenters. The summed E-state index contributed by atoms with van der Waals surface area (Å²) < 4.78 is 6.25. The lowest BCUT2D eigenvalue weighted by Gasteiger charge is -2.73. The highest BCUT2D eigenvalue weighted by atomic mass is 16.5. The zero-order valence-corrected chi connectivity index (χ0v) is 29.2. The van der Waals surface area contributed by atoms with Crippen LogP contribution in [0.25, 0.3) is 0 Å². The number of terminal acetylenes is 1. The predicted octanol–water partition coefficient (Wildman–Crippen LogP) is 8.22. The van der Waals surface area contributed by atoms with Crippen LogP contribution in [0, 0.1) is 69.0 Å². The Morgan fingerprint density at radius 1 is 0.935 bits per heavy atom. The van der Waals surface area contributed by atoms with Gasteiger partial charge >= 0.3 is 5.97 Å². The number of amides is 1. The number of carbonyl (C=O) groups is 2. The highest BCUT2D eigenvalue weighted by Crippen LogP contribution is 2.77. The maximum Gasteiger partial charge on any atom is 0.338 e. The Kier molecular flexibility index (Phi) is 8.36. The highest BCUT2D eigenvalue weighted by Gasteiger charge is 2.71. The van der Waals surface area contributed by atoms with Gasteiger partial charge in [0.1, 0.15) is 0 Å². The third-order valence-electron chi connectivity index (χ3n) is 15.5. The molecule has 5 aliphatic carbocycles. The summed E-state index contributed by atoms with van der Waals surface area (Å²) in [4.78, 5) is 26.4. The first kappa shape index (κ1) is 33.3. The summed E-state index contributed by atoms with van der Waals surface area (Å²) in [6.45, 7) is 19.7. The van der Waals surface area contributed by atoms with E-state index in [1.807, 2.05) is 0 Å². The molecule has 46 heavy (non-hydrogen) atoms. The van der Waals surface area contributed by atoms with Gasteiger partial charge in [-0.05, 0) is 135 Å². The van der Waals surface area contributed by atoms with Crippen molar-refractivity contribution in [3.8, 4) is 12.3 Å². The third-order valence-corrected chi connectivity index (χ3v) is 15.5. The number of ether oxygens (including phenoxy) is 1. The summed E-state index contributed by atoms with van der Waals surface area (Å²) in [7, 11) is 0. The normalized spacial score (nSPS) is 42.3. The van der Waals surface area contributed by atoms with Crippen molar-refractivity contribution in [1.82, 2.24) is 5.32 Å². The van der Waals surface area contributed by atoms with Gasteiger partial charge in [0, 0.05) is 5.41 Å². The Bertz CT molecular complexity index is 1440. The van der Waals surface area contributed by atoms with Gasteiger partial charge in [-0.1, -0.05) is 64.8 Å². The van der Waals surface area contributed by atoms with E-state index in [2.05, 4.69) is 59.4 Å². The van der Waals surface area contributed by atoms with E-state index in [9.17, 15) is 14.7 Å². The van der Waals surface area contributed by atoms with E-state index in [0.717, 1.165) is 38.5 Å². The van der Waals surface area contributed by atoms with Crippen LogP contribution in [0.15, 0.2) is 36.4 Å². The third kappa shape index (κ3) is 4.75. The molecular weight excluding hydrogens is 570 g/mol. The lowest BCUT2D eigenvalue weighted by Crippen LogP contribution is -2.66. The van der Waals surface area contributed by atoms with Crippen LogP contribution in [-0.4, -0.2) is 36.2 Å². The number of hydrogen-bond acceptors (Lipinski definition) is 4. The second-order valence-corrected chi connectivity index (χ2v) is 17.4. The first-order valence-electron chi connectivity index (χ1n) is 18.0. The number of esters is 1. The van der Waals surface area contributed by atoms with E-state index in [1.165, 1.54) is 31.3 Å². The van der Waals surface area contributed by atoms with E-state index in [-0.39, 0.29) is 45.6 Å². The molecule has 1 aromatic carbocycles. The molecule has 0 radical (unpaired) electrons. The van der Waals surface area contributed by atoms with Crippen molar-refractivity contribution < 1.29 is 19.4 Å². The van der Waals surface area contributed by atoms with Crippen molar-refractivity contribution in [3.63, 3.8) is 0 Å². The highest BCUT2D eigenvalue weighted by molar-refractivity contribution is 6.05. The van der Waals surface area contributed by atoms with Crippen LogP contribution in [0.2, 0.25) is 0 Å². The molecule has 1 amide bonds. The predicted molar refractivity (Wildman–Crippen MR) is 183 cm³/mol. The molecular formula is C41H57NO4. The Hall–Kier alpha value is -2.58. The van der Waals surface area contributed by atoms with Crippen molar-refractivity contribution in [2.24, 2.45) is 56.7 Å². The van der Waals surface area contributed by atoms with Gasteiger partial charge < -0.3 is 15.2 Å². The fourth-order valence-electron chi connectivity index (χ4n) is 12.9. The quantitative estimate of drug-likeness (QED) is 0.189. The van der Waals surface area contributed by atoms with Gasteiger partial charge in [-0.15, -0.1) is 6.42 Å². The molecule has 0 spiro atoms. The summed E-state index contributed by atoms with van der Waals surface area (Å²) in [6.07, 6.45) is 16.4. The Labute approximate surface area is 277 Å². The van der Waals surface area contributed by atoms with Gasteiger partial charge in [0.05, 0.1) is 30.4 Å². The lowest BCUT2D eigenvalue weighted by molar-refractivity contribution is -0.249. The fourth-order valence-corrected chi connectivity index (χ4v) is 12.9. The monoisotopic (exact) mass is 627 g/mol. The zero-order valence-electron chi connectivity index (χ0n) is 29.2. The van der Waals surface area contributed by atoms with Gasteiger partial charge in [-0.2, -0.15) is 0 Å². The molecule has 0 unspecified atom stereocenters. The Balaban J connectivity index is 1.28. The van der Waals surface area contributed by atoms with E-state index in [0.29, 0.717) is 47.3 Å². The summed E-state index contributed by atoms with van der Waals surface area (Å²) >= 11 is 0. The molecule has 5 aliphatic rings. The number of aliphatic hydroxyl groups excluding tert-OH is 1. The minimum atomic E-state index is -0.435. The maximum atomic E-state index is 13.6.